The first-order valence-electron chi connectivity index (χ1n) is 7.31. The molecule has 1 aliphatic rings. The van der Waals surface area contributed by atoms with E-state index in [0.717, 1.165) is 39.0 Å². The molecule has 6 heteroatoms. The van der Waals surface area contributed by atoms with E-state index in [4.69, 9.17) is 10.5 Å². The Balaban J connectivity index is 0.00000361. The lowest BCUT2D eigenvalue weighted by Crippen LogP contribution is -2.53. The summed E-state index contributed by atoms with van der Waals surface area (Å²) in [6.45, 7) is 7.32. The molecule has 0 aromatic carbocycles. The Morgan fingerprint density at radius 3 is 2.85 bits per heavy atom. The topological polar surface area (TPSA) is 67.6 Å². The first-order chi connectivity index (χ1) is 9.01. The van der Waals surface area contributed by atoms with Gasteiger partial charge in [-0.1, -0.05) is 13.3 Å². The van der Waals surface area contributed by atoms with E-state index in [1.807, 2.05) is 13.8 Å². The van der Waals surface area contributed by atoms with Gasteiger partial charge in [-0.05, 0) is 32.7 Å². The number of likely N-dealkylation sites (tertiary alicyclic amines) is 1. The quantitative estimate of drug-likeness (QED) is 0.706. The molecule has 0 aliphatic carbocycles. The van der Waals surface area contributed by atoms with Gasteiger partial charge in [0.1, 0.15) is 0 Å². The summed E-state index contributed by atoms with van der Waals surface area (Å²) in [5, 5.41) is 3.01. The van der Waals surface area contributed by atoms with Crippen LogP contribution in [0.25, 0.3) is 0 Å². The van der Waals surface area contributed by atoms with Crippen molar-refractivity contribution in [1.82, 2.24) is 10.2 Å². The predicted molar refractivity (Wildman–Crippen MR) is 84.2 cm³/mol. The molecule has 1 heterocycles. The Hall–Kier alpha value is -0.360. The number of carbonyl (C=O) groups is 1. The lowest BCUT2D eigenvalue weighted by molar-refractivity contribution is -0.126. The van der Waals surface area contributed by atoms with Crippen LogP contribution < -0.4 is 11.1 Å². The van der Waals surface area contributed by atoms with Gasteiger partial charge in [0.25, 0.3) is 0 Å². The molecule has 2 unspecified atom stereocenters. The van der Waals surface area contributed by atoms with Crippen LogP contribution in [0.15, 0.2) is 0 Å². The van der Waals surface area contributed by atoms with Gasteiger partial charge in [-0.3, -0.25) is 9.69 Å². The summed E-state index contributed by atoms with van der Waals surface area (Å²) in [6.07, 6.45) is 3.97. The molecule has 1 fully saturated rings. The van der Waals surface area contributed by atoms with Crippen molar-refractivity contribution in [2.45, 2.75) is 51.1 Å². The van der Waals surface area contributed by atoms with Gasteiger partial charge in [0, 0.05) is 26.2 Å². The molecule has 2 atom stereocenters. The van der Waals surface area contributed by atoms with Crippen molar-refractivity contribution in [3.05, 3.63) is 0 Å². The van der Waals surface area contributed by atoms with Crippen LogP contribution >= 0.6 is 12.4 Å². The van der Waals surface area contributed by atoms with Crippen LogP contribution in [0.4, 0.5) is 0 Å². The molecule has 20 heavy (non-hydrogen) atoms. The summed E-state index contributed by atoms with van der Waals surface area (Å²) in [4.78, 5) is 14.4. The second kappa shape index (κ2) is 9.55. The van der Waals surface area contributed by atoms with Gasteiger partial charge in [-0.15, -0.1) is 12.4 Å². The van der Waals surface area contributed by atoms with Gasteiger partial charge < -0.3 is 15.8 Å². The number of rotatable bonds is 8. The number of hydrogen-bond donors (Lipinski definition) is 2. The van der Waals surface area contributed by atoms with Crippen molar-refractivity contribution in [2.75, 3.05) is 33.4 Å². The van der Waals surface area contributed by atoms with Crippen LogP contribution in [0.1, 0.15) is 39.5 Å². The molecular weight excluding hydrogens is 278 g/mol. The first kappa shape index (κ1) is 19.6. The normalized spacial score (nSPS) is 22.1. The minimum absolute atomic E-state index is 0. The average molecular weight is 308 g/mol. The average Bonchev–Trinajstić information content (AvgIpc) is 2.80. The summed E-state index contributed by atoms with van der Waals surface area (Å²) < 4.78 is 5.11. The summed E-state index contributed by atoms with van der Waals surface area (Å²) in [5.74, 6) is -0.0343. The minimum atomic E-state index is -0.745. The van der Waals surface area contributed by atoms with Gasteiger partial charge in [-0.25, -0.2) is 0 Å². The molecule has 0 saturated carbocycles. The van der Waals surface area contributed by atoms with Gasteiger partial charge in [0.05, 0.1) is 12.1 Å². The molecule has 0 radical (unpaired) electrons. The fourth-order valence-electron chi connectivity index (χ4n) is 2.67. The third kappa shape index (κ3) is 5.95. The number of hydrogen-bond acceptors (Lipinski definition) is 4. The van der Waals surface area contributed by atoms with E-state index in [9.17, 15) is 4.79 Å². The highest BCUT2D eigenvalue weighted by atomic mass is 35.5. The van der Waals surface area contributed by atoms with Crippen molar-refractivity contribution in [1.29, 1.82) is 0 Å². The van der Waals surface area contributed by atoms with Crippen LogP contribution in [0.2, 0.25) is 0 Å². The van der Waals surface area contributed by atoms with E-state index in [-0.39, 0.29) is 18.3 Å². The molecule has 0 aromatic rings. The third-order valence-corrected chi connectivity index (χ3v) is 3.87. The highest BCUT2D eigenvalue weighted by Crippen LogP contribution is 2.16. The summed E-state index contributed by atoms with van der Waals surface area (Å²) in [6, 6.07) is 0.427. The molecule has 0 spiro atoms. The Morgan fingerprint density at radius 2 is 2.25 bits per heavy atom. The Labute approximate surface area is 129 Å². The molecule has 120 valence electrons. The van der Waals surface area contributed by atoms with Crippen LogP contribution in [0.5, 0.6) is 0 Å². The van der Waals surface area contributed by atoms with Crippen molar-refractivity contribution in [3.63, 3.8) is 0 Å². The number of nitrogens with zero attached hydrogens (tertiary/aromatic N) is 1. The van der Waals surface area contributed by atoms with Crippen LogP contribution in [0.3, 0.4) is 0 Å². The highest BCUT2D eigenvalue weighted by Gasteiger charge is 2.29. The minimum Gasteiger partial charge on any atom is -0.383 e. The van der Waals surface area contributed by atoms with E-state index in [2.05, 4.69) is 10.2 Å². The Morgan fingerprint density at radius 1 is 1.55 bits per heavy atom. The monoisotopic (exact) mass is 307 g/mol. The molecule has 0 bridgehead atoms. The Bertz CT molecular complexity index is 288. The van der Waals surface area contributed by atoms with Gasteiger partial charge in [0.15, 0.2) is 0 Å². The number of ether oxygens (including phenoxy) is 1. The van der Waals surface area contributed by atoms with Crippen molar-refractivity contribution >= 4 is 18.3 Å². The van der Waals surface area contributed by atoms with E-state index in [0.29, 0.717) is 12.6 Å². The molecule has 1 saturated heterocycles. The van der Waals surface area contributed by atoms with Crippen LogP contribution in [-0.4, -0.2) is 55.7 Å². The second-order valence-electron chi connectivity index (χ2n) is 5.70. The van der Waals surface area contributed by atoms with Crippen molar-refractivity contribution in [2.24, 2.45) is 5.73 Å². The number of halogens is 1. The first-order valence-corrected chi connectivity index (χ1v) is 7.31. The molecule has 0 aromatic heterocycles. The zero-order valence-corrected chi connectivity index (χ0v) is 13.8. The summed E-state index contributed by atoms with van der Waals surface area (Å²) >= 11 is 0. The van der Waals surface area contributed by atoms with Gasteiger partial charge >= 0.3 is 0 Å². The maximum absolute atomic E-state index is 12.1. The fourth-order valence-corrected chi connectivity index (χ4v) is 2.67. The largest absolute Gasteiger partial charge is 0.383 e. The Kier molecular flexibility index (Phi) is 9.38. The standard InChI is InChI=1S/C14H29N3O2.ClH/c1-4-7-14(2,15)13(18)16-11-12-6-5-8-17(12)9-10-19-3;/h12H,4-11,15H2,1-3H3,(H,16,18);1H. The van der Waals surface area contributed by atoms with Gasteiger partial charge in [-0.2, -0.15) is 0 Å². The maximum Gasteiger partial charge on any atom is 0.239 e. The molecule has 1 rings (SSSR count). The van der Waals surface area contributed by atoms with Crippen LogP contribution in [-0.2, 0) is 9.53 Å². The lowest BCUT2D eigenvalue weighted by Gasteiger charge is -2.27. The summed E-state index contributed by atoms with van der Waals surface area (Å²) in [7, 11) is 1.72. The lowest BCUT2D eigenvalue weighted by atomic mass is 9.96. The van der Waals surface area contributed by atoms with Crippen molar-refractivity contribution < 1.29 is 9.53 Å². The van der Waals surface area contributed by atoms with E-state index in [1.165, 1.54) is 6.42 Å². The predicted octanol–water partition coefficient (Wildman–Crippen LogP) is 1.15. The number of nitrogens with two attached hydrogens (primary N) is 1. The molecule has 3 N–H and O–H groups in total. The molecule has 1 amide bonds. The fraction of sp³-hybridized carbons (Fsp3) is 0.929. The third-order valence-electron chi connectivity index (χ3n) is 3.87. The van der Waals surface area contributed by atoms with Crippen LogP contribution in [0, 0.1) is 0 Å². The number of methoxy groups -OCH3 is 1. The van der Waals surface area contributed by atoms with Crippen molar-refractivity contribution in [3.8, 4) is 0 Å². The molecular formula is C14H30ClN3O2. The summed E-state index contributed by atoms with van der Waals surface area (Å²) in [5.41, 5.74) is 5.28. The second-order valence-corrected chi connectivity index (χ2v) is 5.70. The zero-order valence-electron chi connectivity index (χ0n) is 13.0. The van der Waals surface area contributed by atoms with Gasteiger partial charge in [0.2, 0.25) is 5.91 Å². The van der Waals surface area contributed by atoms with E-state index < -0.39 is 5.54 Å². The highest BCUT2D eigenvalue weighted by molar-refractivity contribution is 5.85. The number of amides is 1. The maximum atomic E-state index is 12.1. The number of carbonyl (C=O) groups excluding carboxylic acids is 1. The smallest absolute Gasteiger partial charge is 0.239 e. The van der Waals surface area contributed by atoms with E-state index >= 15 is 0 Å². The molecule has 5 nitrogen and oxygen atoms in total. The zero-order chi connectivity index (χ0) is 14.3. The number of nitrogens with one attached hydrogen (secondary N) is 1. The van der Waals surface area contributed by atoms with E-state index in [1.54, 1.807) is 7.11 Å². The SMILES string of the molecule is CCCC(C)(N)C(=O)NCC1CCCN1CCOC.Cl. The molecule has 1 aliphatic heterocycles.